The van der Waals surface area contributed by atoms with E-state index in [-0.39, 0.29) is 18.1 Å². The smallest absolute Gasteiger partial charge is 0.258 e. The Morgan fingerprint density at radius 2 is 1.90 bits per heavy atom. The molecule has 0 bridgehead atoms. The molecule has 0 aliphatic carbocycles. The Morgan fingerprint density at radius 1 is 1.16 bits per heavy atom. The quantitative estimate of drug-likeness (QED) is 0.445. The summed E-state index contributed by atoms with van der Waals surface area (Å²) in [5.41, 5.74) is 11.9. The van der Waals surface area contributed by atoms with Gasteiger partial charge in [0.05, 0.1) is 19.4 Å². The lowest BCUT2D eigenvalue weighted by molar-refractivity contribution is -0.122. The van der Waals surface area contributed by atoms with Crippen molar-refractivity contribution in [2.45, 2.75) is 38.5 Å². The number of ether oxygens (including phenoxy) is 2. The van der Waals surface area contributed by atoms with Crippen LogP contribution < -0.4 is 30.7 Å². The van der Waals surface area contributed by atoms with Crippen molar-refractivity contribution in [1.82, 2.24) is 16.3 Å². The van der Waals surface area contributed by atoms with E-state index >= 15 is 0 Å². The van der Waals surface area contributed by atoms with Gasteiger partial charge in [0.25, 0.3) is 5.91 Å². The van der Waals surface area contributed by atoms with Crippen LogP contribution in [0.5, 0.6) is 11.5 Å². The molecule has 166 valence electrons. The summed E-state index contributed by atoms with van der Waals surface area (Å²) in [6.07, 6.45) is 2.28. The molecule has 2 unspecified atom stereocenters. The summed E-state index contributed by atoms with van der Waals surface area (Å²) in [6, 6.07) is 13.3. The van der Waals surface area contributed by atoms with Gasteiger partial charge in [-0.1, -0.05) is 18.2 Å². The second kappa shape index (κ2) is 10.3. The lowest BCUT2D eigenvalue weighted by atomic mass is 10.0. The van der Waals surface area contributed by atoms with Gasteiger partial charge in [-0.05, 0) is 55.7 Å². The summed E-state index contributed by atoms with van der Waals surface area (Å²) in [7, 11) is 5.60. The van der Waals surface area contributed by atoms with E-state index in [1.54, 1.807) is 13.3 Å². The Bertz CT molecular complexity index is 912. The monoisotopic (exact) mass is 425 g/mol. The van der Waals surface area contributed by atoms with Crippen molar-refractivity contribution in [2.24, 2.45) is 5.10 Å². The Balaban J connectivity index is 1.56. The molecule has 31 heavy (non-hydrogen) atoms. The van der Waals surface area contributed by atoms with E-state index in [0.29, 0.717) is 17.9 Å². The Kier molecular flexibility index (Phi) is 7.49. The zero-order valence-electron chi connectivity index (χ0n) is 18.7. The minimum absolute atomic E-state index is 0.0275. The maximum absolute atomic E-state index is 12.5. The molecule has 1 aliphatic heterocycles. The summed E-state index contributed by atoms with van der Waals surface area (Å²) in [6.45, 7) is 3.95. The number of anilines is 1. The molecule has 0 radical (unpaired) electrons. The Hall–Kier alpha value is -3.10. The fraction of sp³-hybridized carbons (Fsp3) is 0.391. The van der Waals surface area contributed by atoms with E-state index in [4.69, 9.17) is 9.47 Å². The van der Waals surface area contributed by atoms with Gasteiger partial charge in [-0.2, -0.15) is 5.10 Å². The van der Waals surface area contributed by atoms with Crippen LogP contribution in [0, 0.1) is 0 Å². The number of benzene rings is 2. The van der Waals surface area contributed by atoms with Crippen molar-refractivity contribution in [1.29, 1.82) is 0 Å². The number of hydrogen-bond donors (Lipinski definition) is 3. The average molecular weight is 426 g/mol. The molecule has 1 amide bonds. The highest BCUT2D eigenvalue weighted by molar-refractivity contribution is 5.85. The molecule has 0 saturated carbocycles. The minimum Gasteiger partial charge on any atom is -0.493 e. The van der Waals surface area contributed by atoms with Crippen LogP contribution in [0.4, 0.5) is 5.69 Å². The zero-order chi connectivity index (χ0) is 22.4. The maximum Gasteiger partial charge on any atom is 0.258 e. The topological polar surface area (TPSA) is 87.2 Å². The van der Waals surface area contributed by atoms with Gasteiger partial charge >= 0.3 is 0 Å². The molecule has 2 atom stereocenters. The third-order valence-corrected chi connectivity index (χ3v) is 4.97. The van der Waals surface area contributed by atoms with Gasteiger partial charge in [0.15, 0.2) is 11.5 Å². The van der Waals surface area contributed by atoms with Gasteiger partial charge in [-0.25, -0.2) is 16.3 Å². The Labute approximate surface area is 183 Å². The van der Waals surface area contributed by atoms with Crippen LogP contribution in [0.3, 0.4) is 0 Å². The van der Waals surface area contributed by atoms with Crippen LogP contribution in [0.15, 0.2) is 47.6 Å². The molecular formula is C23H31N5O3. The lowest BCUT2D eigenvalue weighted by Crippen LogP contribution is -2.41. The molecule has 0 aromatic heterocycles. The average Bonchev–Trinajstić information content (AvgIpc) is 3.24. The van der Waals surface area contributed by atoms with Crippen molar-refractivity contribution in [3.05, 3.63) is 53.6 Å². The normalized spacial score (nSPS) is 18.4. The van der Waals surface area contributed by atoms with E-state index in [9.17, 15) is 4.79 Å². The first-order valence-corrected chi connectivity index (χ1v) is 10.3. The largest absolute Gasteiger partial charge is 0.493 e. The molecule has 2 aromatic carbocycles. The fourth-order valence-corrected chi connectivity index (χ4v) is 3.31. The van der Waals surface area contributed by atoms with Gasteiger partial charge in [0.1, 0.15) is 6.04 Å². The number of hydrazine groups is 1. The Morgan fingerprint density at radius 3 is 2.55 bits per heavy atom. The van der Waals surface area contributed by atoms with Crippen LogP contribution in [-0.4, -0.2) is 45.5 Å². The molecule has 8 nitrogen and oxygen atoms in total. The molecule has 1 fully saturated rings. The van der Waals surface area contributed by atoms with Crippen molar-refractivity contribution in [3.63, 3.8) is 0 Å². The number of methoxy groups -OCH3 is 1. The second-order valence-corrected chi connectivity index (χ2v) is 7.93. The first-order valence-electron chi connectivity index (χ1n) is 10.3. The molecule has 1 saturated heterocycles. The highest BCUT2D eigenvalue weighted by Crippen LogP contribution is 2.33. The number of nitrogens with zero attached hydrogens (tertiary/aromatic N) is 2. The van der Waals surface area contributed by atoms with Crippen LogP contribution in [0.2, 0.25) is 0 Å². The standard InChI is InChI=1S/C23H31N5O3/c1-15(2)31-21-11-8-17(12-22(21)30-5)19-13-20(26-25-19)23(29)27-24-14-16-6-9-18(10-7-16)28(3)4/h6-12,14-15,19-20,25-26H,13H2,1-5H3,(H,27,29)/b24-14+. The SMILES string of the molecule is COc1cc(C2CC(C(=O)N/N=C/c3ccc(N(C)C)cc3)NN2)ccc1OC(C)C. The molecule has 0 spiro atoms. The van der Waals surface area contributed by atoms with Gasteiger partial charge in [0.2, 0.25) is 0 Å². The van der Waals surface area contributed by atoms with E-state index in [2.05, 4.69) is 21.4 Å². The van der Waals surface area contributed by atoms with E-state index in [0.717, 1.165) is 16.8 Å². The van der Waals surface area contributed by atoms with E-state index in [1.807, 2.05) is 75.3 Å². The molecule has 3 rings (SSSR count). The third kappa shape index (κ3) is 5.96. The van der Waals surface area contributed by atoms with Gasteiger partial charge in [-0.3, -0.25) is 4.79 Å². The number of hydrazone groups is 1. The van der Waals surface area contributed by atoms with Gasteiger partial charge in [0, 0.05) is 25.8 Å². The summed E-state index contributed by atoms with van der Waals surface area (Å²) in [5, 5.41) is 4.08. The van der Waals surface area contributed by atoms with Crippen LogP contribution in [-0.2, 0) is 4.79 Å². The predicted octanol–water partition coefficient (Wildman–Crippen LogP) is 2.61. The number of carbonyl (C=O) groups excluding carboxylic acids is 1. The molecule has 3 N–H and O–H groups in total. The van der Waals surface area contributed by atoms with Crippen molar-refractivity contribution in [2.75, 3.05) is 26.1 Å². The fourth-order valence-electron chi connectivity index (χ4n) is 3.31. The number of rotatable bonds is 8. The summed E-state index contributed by atoms with van der Waals surface area (Å²) >= 11 is 0. The van der Waals surface area contributed by atoms with Crippen LogP contribution in [0.25, 0.3) is 0 Å². The predicted molar refractivity (Wildman–Crippen MR) is 123 cm³/mol. The zero-order valence-corrected chi connectivity index (χ0v) is 18.7. The molecular weight excluding hydrogens is 394 g/mol. The summed E-state index contributed by atoms with van der Waals surface area (Å²) in [5.74, 6) is 1.18. The number of amides is 1. The van der Waals surface area contributed by atoms with Crippen molar-refractivity contribution in [3.8, 4) is 11.5 Å². The third-order valence-electron chi connectivity index (χ3n) is 4.97. The first-order chi connectivity index (χ1) is 14.9. The highest BCUT2D eigenvalue weighted by Gasteiger charge is 2.30. The minimum atomic E-state index is -0.393. The van der Waals surface area contributed by atoms with Crippen molar-refractivity contribution >= 4 is 17.8 Å². The number of carbonyl (C=O) groups is 1. The first kappa shape index (κ1) is 22.6. The highest BCUT2D eigenvalue weighted by atomic mass is 16.5. The maximum atomic E-state index is 12.5. The van der Waals surface area contributed by atoms with Gasteiger partial charge in [-0.15, -0.1) is 0 Å². The lowest BCUT2D eigenvalue weighted by Gasteiger charge is -2.16. The number of hydrogen-bond acceptors (Lipinski definition) is 7. The summed E-state index contributed by atoms with van der Waals surface area (Å²) in [4.78, 5) is 14.5. The second-order valence-electron chi connectivity index (χ2n) is 7.93. The molecule has 1 aliphatic rings. The van der Waals surface area contributed by atoms with E-state index < -0.39 is 6.04 Å². The molecule has 2 aromatic rings. The molecule has 8 heteroatoms. The number of nitrogens with one attached hydrogen (secondary N) is 3. The summed E-state index contributed by atoms with van der Waals surface area (Å²) < 4.78 is 11.2. The molecule has 1 heterocycles. The van der Waals surface area contributed by atoms with Gasteiger partial charge < -0.3 is 14.4 Å². The van der Waals surface area contributed by atoms with Crippen LogP contribution in [0.1, 0.15) is 37.4 Å². The van der Waals surface area contributed by atoms with Crippen molar-refractivity contribution < 1.29 is 14.3 Å². The van der Waals surface area contributed by atoms with Crippen LogP contribution >= 0.6 is 0 Å². The van der Waals surface area contributed by atoms with E-state index in [1.165, 1.54) is 0 Å².